The van der Waals surface area contributed by atoms with Crippen LogP contribution in [0.5, 0.6) is 0 Å². The zero-order valence-corrected chi connectivity index (χ0v) is 12.5. The number of nitrogens with zero attached hydrogens (tertiary/aromatic N) is 2. The van der Waals surface area contributed by atoms with Crippen molar-refractivity contribution >= 4 is 11.3 Å². The summed E-state index contributed by atoms with van der Waals surface area (Å²) in [7, 11) is 0. The van der Waals surface area contributed by atoms with Crippen LogP contribution in [0.2, 0.25) is 0 Å². The van der Waals surface area contributed by atoms with Gasteiger partial charge in [-0.3, -0.25) is 4.90 Å². The normalized spacial score (nSPS) is 35.6. The lowest BCUT2D eigenvalue weighted by Crippen LogP contribution is -2.40. The van der Waals surface area contributed by atoms with E-state index in [-0.39, 0.29) is 5.54 Å². The fourth-order valence-electron chi connectivity index (χ4n) is 3.81. The third-order valence-corrected chi connectivity index (χ3v) is 6.36. The van der Waals surface area contributed by atoms with Crippen molar-refractivity contribution < 1.29 is 0 Å². The molecule has 2 unspecified atom stereocenters. The Morgan fingerprint density at radius 2 is 2.11 bits per heavy atom. The third kappa shape index (κ3) is 2.05. The van der Waals surface area contributed by atoms with Crippen LogP contribution in [0.25, 0.3) is 0 Å². The van der Waals surface area contributed by atoms with Crippen molar-refractivity contribution in [3.05, 3.63) is 15.6 Å². The summed E-state index contributed by atoms with van der Waals surface area (Å²) in [6, 6.07) is 1.44. The van der Waals surface area contributed by atoms with Crippen LogP contribution in [0.4, 0.5) is 0 Å². The largest absolute Gasteiger partial charge is 0.318 e. The second-order valence-electron chi connectivity index (χ2n) is 6.71. The van der Waals surface area contributed by atoms with Gasteiger partial charge in [0, 0.05) is 23.5 Å². The van der Waals surface area contributed by atoms with Crippen LogP contribution >= 0.6 is 11.3 Å². The molecule has 2 fully saturated rings. The smallest absolute Gasteiger partial charge is 0.114 e. The maximum absolute atomic E-state index is 6.75. The maximum atomic E-state index is 6.75. The summed E-state index contributed by atoms with van der Waals surface area (Å²) in [5.41, 5.74) is 7.92. The van der Waals surface area contributed by atoms with Crippen LogP contribution in [-0.4, -0.2) is 28.5 Å². The molecule has 2 N–H and O–H groups in total. The molecular weight excluding hydrogens is 254 g/mol. The molecule has 4 heteroatoms. The lowest BCUT2D eigenvalue weighted by molar-refractivity contribution is 0.249. The third-order valence-electron chi connectivity index (χ3n) is 4.98. The van der Waals surface area contributed by atoms with Gasteiger partial charge < -0.3 is 5.73 Å². The first kappa shape index (κ1) is 12.3. The van der Waals surface area contributed by atoms with E-state index >= 15 is 0 Å². The first-order valence-corrected chi connectivity index (χ1v) is 8.51. The molecule has 0 spiro atoms. The van der Waals surface area contributed by atoms with Crippen LogP contribution in [0.15, 0.2) is 0 Å². The number of likely N-dealkylation sites (tertiary alicyclic amines) is 1. The Morgan fingerprint density at radius 1 is 1.32 bits per heavy atom. The fourth-order valence-corrected chi connectivity index (χ4v) is 5.06. The lowest BCUT2D eigenvalue weighted by atomic mass is 9.98. The van der Waals surface area contributed by atoms with Gasteiger partial charge in [-0.2, -0.15) is 0 Å². The average Bonchev–Trinajstić information content (AvgIpc) is 3.05. The number of nitrogens with two attached hydrogens (primary N) is 1. The van der Waals surface area contributed by atoms with Crippen LogP contribution < -0.4 is 5.73 Å². The van der Waals surface area contributed by atoms with Gasteiger partial charge in [-0.1, -0.05) is 0 Å². The molecule has 1 aromatic heterocycles. The molecule has 0 bridgehead atoms. The van der Waals surface area contributed by atoms with Crippen LogP contribution in [0, 0.1) is 0 Å². The molecule has 2 aliphatic carbocycles. The van der Waals surface area contributed by atoms with E-state index in [0.29, 0.717) is 6.04 Å². The van der Waals surface area contributed by atoms with Crippen molar-refractivity contribution in [2.45, 2.75) is 69.5 Å². The van der Waals surface area contributed by atoms with Gasteiger partial charge in [0.2, 0.25) is 0 Å². The van der Waals surface area contributed by atoms with Gasteiger partial charge in [-0.25, -0.2) is 4.98 Å². The van der Waals surface area contributed by atoms with Crippen molar-refractivity contribution in [2.24, 2.45) is 5.73 Å². The monoisotopic (exact) mass is 277 g/mol. The molecule has 104 valence electrons. The molecule has 0 radical (unpaired) electrons. The minimum absolute atomic E-state index is 0.177. The molecular formula is C15H23N3S. The highest BCUT2D eigenvalue weighted by Crippen LogP contribution is 2.42. The first-order chi connectivity index (χ1) is 9.16. The van der Waals surface area contributed by atoms with Crippen LogP contribution in [-0.2, 0) is 18.4 Å². The highest BCUT2D eigenvalue weighted by atomic mass is 32.1. The molecule has 3 nitrogen and oxygen atoms in total. The summed E-state index contributed by atoms with van der Waals surface area (Å²) >= 11 is 1.90. The summed E-state index contributed by atoms with van der Waals surface area (Å²) in [6.07, 6.45) is 8.85. The van der Waals surface area contributed by atoms with Crippen molar-refractivity contribution in [2.75, 3.05) is 6.54 Å². The predicted octanol–water partition coefficient (Wildman–Crippen LogP) is 2.43. The summed E-state index contributed by atoms with van der Waals surface area (Å²) in [4.78, 5) is 9.06. The highest BCUT2D eigenvalue weighted by Gasteiger charge is 2.47. The van der Waals surface area contributed by atoms with Gasteiger partial charge in [0.25, 0.3) is 0 Å². The molecule has 2 heterocycles. The summed E-state index contributed by atoms with van der Waals surface area (Å²) in [5.74, 6) is 0. The van der Waals surface area contributed by atoms with Crippen LogP contribution in [0.1, 0.15) is 54.6 Å². The molecule has 4 rings (SSSR count). The number of fused-ring (bicyclic) bond motifs is 1. The lowest BCUT2D eigenvalue weighted by Gasteiger charge is -2.22. The first-order valence-electron chi connectivity index (χ1n) is 7.69. The standard InChI is InChI=1S/C15H23N3S/c1-10-8-15(16,9-18(10)11-6-7-11)14-17-12-4-2-3-5-13(12)19-14/h10-11H,2-9,16H2,1H3. The molecule has 1 aromatic rings. The average molecular weight is 277 g/mol. The SMILES string of the molecule is CC1CC(N)(c2nc3c(s2)CCCC3)CN1C1CC1. The van der Waals surface area contributed by atoms with E-state index in [9.17, 15) is 0 Å². The Bertz CT molecular complexity index is 470. The van der Waals surface area contributed by atoms with E-state index in [2.05, 4.69) is 11.8 Å². The number of hydrogen-bond acceptors (Lipinski definition) is 4. The Morgan fingerprint density at radius 3 is 2.84 bits per heavy atom. The zero-order chi connectivity index (χ0) is 13.0. The Labute approximate surface area is 119 Å². The van der Waals surface area contributed by atoms with E-state index in [1.165, 1.54) is 54.1 Å². The van der Waals surface area contributed by atoms with E-state index in [1.54, 1.807) is 0 Å². The van der Waals surface area contributed by atoms with Gasteiger partial charge in [-0.15, -0.1) is 11.3 Å². The minimum atomic E-state index is -0.177. The molecule has 1 saturated carbocycles. The summed E-state index contributed by atoms with van der Waals surface area (Å²) in [5, 5.41) is 1.22. The van der Waals surface area contributed by atoms with E-state index in [0.717, 1.165) is 19.0 Å². The topological polar surface area (TPSA) is 42.1 Å². The van der Waals surface area contributed by atoms with Crippen molar-refractivity contribution in [3.8, 4) is 0 Å². The molecule has 3 aliphatic rings. The number of thiazole rings is 1. The molecule has 1 saturated heterocycles. The van der Waals surface area contributed by atoms with E-state index < -0.39 is 0 Å². The maximum Gasteiger partial charge on any atom is 0.114 e. The predicted molar refractivity (Wildman–Crippen MR) is 78.4 cm³/mol. The van der Waals surface area contributed by atoms with E-state index in [1.807, 2.05) is 11.3 Å². The minimum Gasteiger partial charge on any atom is -0.318 e. The van der Waals surface area contributed by atoms with Crippen LogP contribution in [0.3, 0.4) is 0 Å². The number of aryl methyl sites for hydroxylation is 2. The highest BCUT2D eigenvalue weighted by molar-refractivity contribution is 7.11. The van der Waals surface area contributed by atoms with Gasteiger partial charge in [0.05, 0.1) is 11.2 Å². The Hall–Kier alpha value is -0.450. The molecule has 0 aromatic carbocycles. The quantitative estimate of drug-likeness (QED) is 0.903. The van der Waals surface area contributed by atoms with Crippen molar-refractivity contribution in [3.63, 3.8) is 0 Å². The Kier molecular flexibility index (Phi) is 2.77. The second kappa shape index (κ2) is 4.27. The van der Waals surface area contributed by atoms with E-state index in [4.69, 9.17) is 10.7 Å². The molecule has 2 atom stereocenters. The van der Waals surface area contributed by atoms with Gasteiger partial charge in [0.1, 0.15) is 5.01 Å². The van der Waals surface area contributed by atoms with Gasteiger partial charge in [-0.05, 0) is 51.9 Å². The number of hydrogen-bond donors (Lipinski definition) is 1. The number of rotatable bonds is 2. The summed E-state index contributed by atoms with van der Waals surface area (Å²) < 4.78 is 0. The molecule has 1 aliphatic heterocycles. The fraction of sp³-hybridized carbons (Fsp3) is 0.800. The molecule has 19 heavy (non-hydrogen) atoms. The summed E-state index contributed by atoms with van der Waals surface area (Å²) in [6.45, 7) is 3.35. The van der Waals surface area contributed by atoms with Crippen molar-refractivity contribution in [1.29, 1.82) is 0 Å². The van der Waals surface area contributed by atoms with Crippen molar-refractivity contribution in [1.82, 2.24) is 9.88 Å². The number of aromatic nitrogens is 1. The molecule has 0 amide bonds. The van der Waals surface area contributed by atoms with Gasteiger partial charge >= 0.3 is 0 Å². The van der Waals surface area contributed by atoms with Gasteiger partial charge in [0.15, 0.2) is 0 Å². The zero-order valence-electron chi connectivity index (χ0n) is 11.7. The Balaban J connectivity index is 1.62. The second-order valence-corrected chi connectivity index (χ2v) is 7.79.